The van der Waals surface area contributed by atoms with Gasteiger partial charge in [0.1, 0.15) is 5.78 Å². The summed E-state index contributed by atoms with van der Waals surface area (Å²) in [6, 6.07) is 0. The Balaban J connectivity index is 2.66. The van der Waals surface area contributed by atoms with Crippen LogP contribution in [0.15, 0.2) is 0 Å². The van der Waals surface area contributed by atoms with Crippen LogP contribution in [-0.2, 0) is 4.79 Å². The van der Waals surface area contributed by atoms with E-state index in [2.05, 4.69) is 22.9 Å². The molecule has 1 unspecified atom stereocenters. The minimum absolute atomic E-state index is 0.0590. The number of carbonyl (C=O) groups excluding carboxylic acids is 1. The Morgan fingerprint density at radius 2 is 2.18 bits per heavy atom. The lowest BCUT2D eigenvalue weighted by molar-refractivity contribution is -0.126. The van der Waals surface area contributed by atoms with Crippen LogP contribution in [0.2, 0.25) is 0 Å². The van der Waals surface area contributed by atoms with Crippen molar-refractivity contribution in [3.63, 3.8) is 0 Å². The van der Waals surface area contributed by atoms with E-state index in [0.29, 0.717) is 5.78 Å². The zero-order chi connectivity index (χ0) is 8.32. The van der Waals surface area contributed by atoms with Gasteiger partial charge in [0.15, 0.2) is 0 Å². The number of hydrogen-bond acceptors (Lipinski definition) is 1. The van der Waals surface area contributed by atoms with E-state index in [0.717, 1.165) is 24.6 Å². The van der Waals surface area contributed by atoms with Gasteiger partial charge in [0.05, 0.1) is 0 Å². The fourth-order valence-electron chi connectivity index (χ4n) is 1.56. The molecule has 0 N–H and O–H groups in total. The molecule has 0 spiro atoms. The van der Waals surface area contributed by atoms with Crippen LogP contribution in [0.1, 0.15) is 39.0 Å². The first kappa shape index (κ1) is 9.24. The molecule has 2 heteroatoms. The number of ketones is 1. The molecule has 0 radical (unpaired) electrons. The minimum atomic E-state index is -0.0590. The number of rotatable bonds is 1. The molecule has 0 aromatic rings. The van der Waals surface area contributed by atoms with Crippen LogP contribution in [0.3, 0.4) is 0 Å². The SMILES string of the molecule is CC1(CBr)CCCCCC1=O. The average Bonchev–Trinajstić information content (AvgIpc) is 2.16. The van der Waals surface area contributed by atoms with Crippen LogP contribution < -0.4 is 0 Å². The maximum absolute atomic E-state index is 11.5. The first-order valence-corrected chi connectivity index (χ1v) is 5.40. The third kappa shape index (κ3) is 2.05. The van der Waals surface area contributed by atoms with Crippen LogP contribution in [0.4, 0.5) is 0 Å². The van der Waals surface area contributed by atoms with Gasteiger partial charge in [-0.3, -0.25) is 4.79 Å². The van der Waals surface area contributed by atoms with E-state index in [9.17, 15) is 4.79 Å². The van der Waals surface area contributed by atoms with Crippen molar-refractivity contribution in [2.75, 3.05) is 5.33 Å². The largest absolute Gasteiger partial charge is 0.299 e. The van der Waals surface area contributed by atoms with Gasteiger partial charge < -0.3 is 0 Å². The van der Waals surface area contributed by atoms with Crippen molar-refractivity contribution >= 4 is 21.7 Å². The lowest BCUT2D eigenvalue weighted by Crippen LogP contribution is -2.27. The molecule has 1 aliphatic carbocycles. The maximum atomic E-state index is 11.5. The second-order valence-corrected chi connectivity index (χ2v) is 4.24. The molecule has 0 saturated heterocycles. The molecule has 0 aliphatic heterocycles. The summed E-state index contributed by atoms with van der Waals surface area (Å²) < 4.78 is 0. The highest BCUT2D eigenvalue weighted by molar-refractivity contribution is 9.09. The van der Waals surface area contributed by atoms with E-state index in [1.54, 1.807) is 0 Å². The zero-order valence-corrected chi connectivity index (χ0v) is 8.61. The molecule has 1 saturated carbocycles. The zero-order valence-electron chi connectivity index (χ0n) is 7.03. The molecule has 1 nitrogen and oxygen atoms in total. The van der Waals surface area contributed by atoms with Crippen LogP contribution >= 0.6 is 15.9 Å². The van der Waals surface area contributed by atoms with E-state index in [4.69, 9.17) is 0 Å². The average molecular weight is 219 g/mol. The van der Waals surface area contributed by atoms with Gasteiger partial charge in [0.25, 0.3) is 0 Å². The van der Waals surface area contributed by atoms with Crippen molar-refractivity contribution in [3.05, 3.63) is 0 Å². The van der Waals surface area contributed by atoms with Crippen molar-refractivity contribution < 1.29 is 4.79 Å². The van der Waals surface area contributed by atoms with Crippen LogP contribution in [0.25, 0.3) is 0 Å². The topological polar surface area (TPSA) is 17.1 Å². The Morgan fingerprint density at radius 1 is 1.45 bits per heavy atom. The number of hydrogen-bond donors (Lipinski definition) is 0. The molecule has 1 atom stereocenters. The van der Waals surface area contributed by atoms with Gasteiger partial charge in [-0.25, -0.2) is 0 Å². The molecule has 0 aromatic carbocycles. The first-order chi connectivity index (χ1) is 5.19. The van der Waals surface area contributed by atoms with Gasteiger partial charge in [-0.15, -0.1) is 0 Å². The number of alkyl halides is 1. The third-order valence-electron chi connectivity index (χ3n) is 2.60. The number of carbonyl (C=O) groups is 1. The Labute approximate surface area is 76.7 Å². The third-order valence-corrected chi connectivity index (χ3v) is 3.84. The molecule has 1 rings (SSSR count). The molecule has 0 aromatic heterocycles. The molecule has 0 heterocycles. The van der Waals surface area contributed by atoms with E-state index in [1.165, 1.54) is 12.8 Å². The van der Waals surface area contributed by atoms with E-state index < -0.39 is 0 Å². The highest BCUT2D eigenvalue weighted by atomic mass is 79.9. The van der Waals surface area contributed by atoms with Crippen molar-refractivity contribution in [2.45, 2.75) is 39.0 Å². The summed E-state index contributed by atoms with van der Waals surface area (Å²) in [6.07, 6.45) is 5.41. The molecule has 64 valence electrons. The fourth-order valence-corrected chi connectivity index (χ4v) is 2.15. The maximum Gasteiger partial charge on any atom is 0.139 e. The Bertz CT molecular complexity index is 156. The predicted molar refractivity (Wildman–Crippen MR) is 50.0 cm³/mol. The highest BCUT2D eigenvalue weighted by Gasteiger charge is 2.32. The number of Topliss-reactive ketones (excluding diaryl/α,β-unsaturated/α-hetero) is 1. The summed E-state index contributed by atoms with van der Waals surface area (Å²) in [4.78, 5) is 11.5. The molecule has 0 amide bonds. The van der Waals surface area contributed by atoms with E-state index >= 15 is 0 Å². The number of halogens is 1. The van der Waals surface area contributed by atoms with E-state index in [-0.39, 0.29) is 5.41 Å². The van der Waals surface area contributed by atoms with Gasteiger partial charge in [0, 0.05) is 17.2 Å². The Kier molecular flexibility index (Phi) is 3.11. The monoisotopic (exact) mass is 218 g/mol. The van der Waals surface area contributed by atoms with Crippen molar-refractivity contribution in [1.29, 1.82) is 0 Å². The normalized spacial score (nSPS) is 33.5. The summed E-state index contributed by atoms with van der Waals surface area (Å²) in [5, 5.41) is 0.832. The van der Waals surface area contributed by atoms with Gasteiger partial charge in [-0.2, -0.15) is 0 Å². The second kappa shape index (κ2) is 3.70. The van der Waals surface area contributed by atoms with Gasteiger partial charge in [-0.1, -0.05) is 35.7 Å². The highest BCUT2D eigenvalue weighted by Crippen LogP contribution is 2.32. The molecular weight excluding hydrogens is 204 g/mol. The van der Waals surface area contributed by atoms with Crippen molar-refractivity contribution in [3.8, 4) is 0 Å². The molecule has 1 aliphatic rings. The lowest BCUT2D eigenvalue weighted by atomic mass is 9.84. The fraction of sp³-hybridized carbons (Fsp3) is 0.889. The van der Waals surface area contributed by atoms with Gasteiger partial charge >= 0.3 is 0 Å². The van der Waals surface area contributed by atoms with Crippen LogP contribution in [-0.4, -0.2) is 11.1 Å². The van der Waals surface area contributed by atoms with Crippen molar-refractivity contribution in [1.82, 2.24) is 0 Å². The Hall–Kier alpha value is 0.150. The summed E-state index contributed by atoms with van der Waals surface area (Å²) >= 11 is 3.42. The molecule has 11 heavy (non-hydrogen) atoms. The molecule has 1 fully saturated rings. The van der Waals surface area contributed by atoms with Crippen LogP contribution in [0.5, 0.6) is 0 Å². The summed E-state index contributed by atoms with van der Waals surface area (Å²) in [5.41, 5.74) is -0.0590. The van der Waals surface area contributed by atoms with Crippen molar-refractivity contribution in [2.24, 2.45) is 5.41 Å². The second-order valence-electron chi connectivity index (χ2n) is 3.68. The quantitative estimate of drug-likeness (QED) is 0.489. The Morgan fingerprint density at radius 3 is 2.82 bits per heavy atom. The summed E-state index contributed by atoms with van der Waals surface area (Å²) in [7, 11) is 0. The molecular formula is C9H15BrO. The lowest BCUT2D eigenvalue weighted by Gasteiger charge is -2.22. The van der Waals surface area contributed by atoms with E-state index in [1.807, 2.05) is 0 Å². The predicted octanol–water partition coefficient (Wildman–Crippen LogP) is 2.92. The van der Waals surface area contributed by atoms with Crippen LogP contribution in [0, 0.1) is 5.41 Å². The standard InChI is InChI=1S/C9H15BrO/c1-9(7-10)6-4-2-3-5-8(9)11/h2-7H2,1H3. The molecule has 0 bridgehead atoms. The summed E-state index contributed by atoms with van der Waals surface area (Å²) in [6.45, 7) is 2.08. The smallest absolute Gasteiger partial charge is 0.139 e. The minimum Gasteiger partial charge on any atom is -0.299 e. The summed E-state index contributed by atoms with van der Waals surface area (Å²) in [5.74, 6) is 0.451. The van der Waals surface area contributed by atoms with Gasteiger partial charge in [-0.05, 0) is 12.8 Å². The van der Waals surface area contributed by atoms with Gasteiger partial charge in [0.2, 0.25) is 0 Å². The first-order valence-electron chi connectivity index (χ1n) is 4.28.